The zero-order chi connectivity index (χ0) is 10.6. The molecule has 0 radical (unpaired) electrons. The van der Waals surface area contributed by atoms with Gasteiger partial charge in [-0.25, -0.2) is 0 Å². The minimum atomic E-state index is -3.44. The van der Waals surface area contributed by atoms with Crippen molar-refractivity contribution in [2.75, 3.05) is 13.4 Å². The molecule has 0 aliphatic carbocycles. The number of ether oxygens (including phenoxy) is 1. The molecule has 0 aromatic carbocycles. The lowest BCUT2D eigenvalue weighted by Crippen LogP contribution is -2.04. The number of hydrogen-bond acceptors (Lipinski definition) is 6. The molecule has 0 unspecified atom stereocenters. The SMILES string of the molecule is COc1ccc(COS(C)(=O)=O)nn1. The Balaban J connectivity index is 2.61. The molecule has 7 heteroatoms. The summed E-state index contributed by atoms with van der Waals surface area (Å²) < 4.78 is 30.6. The summed E-state index contributed by atoms with van der Waals surface area (Å²) >= 11 is 0. The van der Waals surface area contributed by atoms with Crippen LogP contribution in [0.1, 0.15) is 5.69 Å². The van der Waals surface area contributed by atoms with Crippen LogP contribution in [0.2, 0.25) is 0 Å². The molecule has 0 saturated heterocycles. The number of methoxy groups -OCH3 is 1. The second kappa shape index (κ2) is 4.34. The van der Waals surface area contributed by atoms with E-state index in [1.807, 2.05) is 0 Å². The number of aromatic nitrogens is 2. The summed E-state index contributed by atoms with van der Waals surface area (Å²) in [6, 6.07) is 3.16. The first-order chi connectivity index (χ1) is 6.51. The van der Waals surface area contributed by atoms with E-state index >= 15 is 0 Å². The van der Waals surface area contributed by atoms with Gasteiger partial charge in [-0.1, -0.05) is 0 Å². The summed E-state index contributed by atoms with van der Waals surface area (Å²) in [5.41, 5.74) is 0.427. The molecule has 78 valence electrons. The lowest BCUT2D eigenvalue weighted by atomic mass is 10.4. The Morgan fingerprint density at radius 3 is 2.50 bits per heavy atom. The lowest BCUT2D eigenvalue weighted by Gasteiger charge is -2.00. The number of rotatable bonds is 4. The monoisotopic (exact) mass is 218 g/mol. The highest BCUT2D eigenvalue weighted by molar-refractivity contribution is 7.85. The van der Waals surface area contributed by atoms with E-state index in [1.54, 1.807) is 12.1 Å². The zero-order valence-electron chi connectivity index (χ0n) is 7.80. The van der Waals surface area contributed by atoms with Crippen LogP contribution in [0.5, 0.6) is 5.88 Å². The van der Waals surface area contributed by atoms with Crippen molar-refractivity contribution in [1.82, 2.24) is 10.2 Å². The Morgan fingerprint density at radius 2 is 2.07 bits per heavy atom. The highest BCUT2D eigenvalue weighted by Gasteiger charge is 2.04. The molecule has 1 rings (SSSR count). The highest BCUT2D eigenvalue weighted by Crippen LogP contribution is 2.05. The fraction of sp³-hybridized carbons (Fsp3) is 0.429. The molecule has 1 aromatic rings. The minimum absolute atomic E-state index is 0.115. The molecule has 0 spiro atoms. The van der Waals surface area contributed by atoms with Crippen molar-refractivity contribution in [2.45, 2.75) is 6.61 Å². The third-order valence-corrected chi connectivity index (χ3v) is 1.87. The summed E-state index contributed by atoms with van der Waals surface area (Å²) in [6.07, 6.45) is 0.976. The molecule has 0 amide bonds. The molecule has 0 aliphatic heterocycles. The largest absolute Gasteiger partial charge is 0.480 e. The Hall–Kier alpha value is -1.21. The van der Waals surface area contributed by atoms with Gasteiger partial charge in [0.25, 0.3) is 10.1 Å². The maximum Gasteiger partial charge on any atom is 0.264 e. The fourth-order valence-corrected chi connectivity index (χ4v) is 1.04. The first-order valence-electron chi connectivity index (χ1n) is 3.72. The van der Waals surface area contributed by atoms with Gasteiger partial charge in [-0.3, -0.25) is 4.18 Å². The quantitative estimate of drug-likeness (QED) is 0.660. The van der Waals surface area contributed by atoms with Crippen LogP contribution in [0.4, 0.5) is 0 Å². The molecule has 0 atom stereocenters. The van der Waals surface area contributed by atoms with E-state index in [0.29, 0.717) is 11.6 Å². The zero-order valence-corrected chi connectivity index (χ0v) is 8.61. The van der Waals surface area contributed by atoms with E-state index in [-0.39, 0.29) is 6.61 Å². The molecule has 0 bridgehead atoms. The van der Waals surface area contributed by atoms with Crippen LogP contribution in [0.25, 0.3) is 0 Å². The van der Waals surface area contributed by atoms with Crippen LogP contribution < -0.4 is 4.74 Å². The van der Waals surface area contributed by atoms with Crippen LogP contribution >= 0.6 is 0 Å². The average molecular weight is 218 g/mol. The van der Waals surface area contributed by atoms with Crippen LogP contribution in [0.15, 0.2) is 12.1 Å². The molecule has 0 fully saturated rings. The summed E-state index contributed by atoms with van der Waals surface area (Å²) in [5.74, 6) is 0.369. The molecule has 0 saturated carbocycles. The first kappa shape index (κ1) is 10.9. The standard InChI is InChI=1S/C7H10N2O4S/c1-12-7-4-3-6(8-9-7)5-13-14(2,10)11/h3-4H,5H2,1-2H3. The smallest absolute Gasteiger partial charge is 0.264 e. The third kappa shape index (κ3) is 3.67. The number of nitrogens with zero attached hydrogens (tertiary/aromatic N) is 2. The maximum absolute atomic E-state index is 10.6. The van der Waals surface area contributed by atoms with Gasteiger partial charge in [0.15, 0.2) is 0 Å². The van der Waals surface area contributed by atoms with Crippen LogP contribution in [0.3, 0.4) is 0 Å². The van der Waals surface area contributed by atoms with Gasteiger partial charge in [-0.15, -0.1) is 10.2 Å². The van der Waals surface area contributed by atoms with Crippen LogP contribution in [-0.4, -0.2) is 32.0 Å². The molecule has 1 aromatic heterocycles. The van der Waals surface area contributed by atoms with Gasteiger partial charge in [-0.2, -0.15) is 8.42 Å². The summed E-state index contributed by atoms with van der Waals surface area (Å²) in [5, 5.41) is 7.34. The van der Waals surface area contributed by atoms with E-state index in [1.165, 1.54) is 7.11 Å². The van der Waals surface area contributed by atoms with Crippen molar-refractivity contribution in [3.63, 3.8) is 0 Å². The average Bonchev–Trinajstić information content (AvgIpc) is 2.14. The molecule has 14 heavy (non-hydrogen) atoms. The van der Waals surface area contributed by atoms with Crippen LogP contribution in [0, 0.1) is 0 Å². The topological polar surface area (TPSA) is 78.4 Å². The van der Waals surface area contributed by atoms with Crippen molar-refractivity contribution >= 4 is 10.1 Å². The minimum Gasteiger partial charge on any atom is -0.480 e. The Kier molecular flexibility index (Phi) is 3.37. The van der Waals surface area contributed by atoms with Gasteiger partial charge < -0.3 is 4.74 Å². The predicted octanol–water partition coefficient (Wildman–Crippen LogP) is -0.0386. The maximum atomic E-state index is 10.6. The predicted molar refractivity (Wildman–Crippen MR) is 48.2 cm³/mol. The van der Waals surface area contributed by atoms with E-state index in [2.05, 4.69) is 14.4 Å². The van der Waals surface area contributed by atoms with Gasteiger partial charge in [0.1, 0.15) is 6.61 Å². The lowest BCUT2D eigenvalue weighted by molar-refractivity contribution is 0.304. The third-order valence-electron chi connectivity index (χ3n) is 1.33. The van der Waals surface area contributed by atoms with Crippen molar-refractivity contribution in [1.29, 1.82) is 0 Å². The molecule has 1 heterocycles. The normalized spacial score (nSPS) is 11.3. The first-order valence-corrected chi connectivity index (χ1v) is 5.54. The van der Waals surface area contributed by atoms with Crippen molar-refractivity contribution in [3.8, 4) is 5.88 Å². The Bertz CT molecular complexity index is 387. The van der Waals surface area contributed by atoms with Crippen LogP contribution in [-0.2, 0) is 20.9 Å². The fourth-order valence-electron chi connectivity index (χ4n) is 0.701. The Morgan fingerprint density at radius 1 is 1.36 bits per heavy atom. The number of hydrogen-bond donors (Lipinski definition) is 0. The highest BCUT2D eigenvalue weighted by atomic mass is 32.2. The second-order valence-corrected chi connectivity index (χ2v) is 4.18. The molecule has 0 aliphatic rings. The molecule has 0 N–H and O–H groups in total. The summed E-state index contributed by atoms with van der Waals surface area (Å²) in [4.78, 5) is 0. The van der Waals surface area contributed by atoms with E-state index in [4.69, 9.17) is 4.74 Å². The van der Waals surface area contributed by atoms with Crippen molar-refractivity contribution < 1.29 is 17.3 Å². The molecular weight excluding hydrogens is 208 g/mol. The van der Waals surface area contributed by atoms with Crippen molar-refractivity contribution in [3.05, 3.63) is 17.8 Å². The van der Waals surface area contributed by atoms with Gasteiger partial charge in [0, 0.05) is 6.07 Å². The van der Waals surface area contributed by atoms with Gasteiger partial charge in [0.05, 0.1) is 19.1 Å². The van der Waals surface area contributed by atoms with Gasteiger partial charge >= 0.3 is 0 Å². The van der Waals surface area contributed by atoms with Crippen molar-refractivity contribution in [2.24, 2.45) is 0 Å². The summed E-state index contributed by atoms with van der Waals surface area (Å²) in [6.45, 7) is -0.115. The van der Waals surface area contributed by atoms with E-state index in [9.17, 15) is 8.42 Å². The molecule has 6 nitrogen and oxygen atoms in total. The Labute approximate surface area is 82.0 Å². The van der Waals surface area contributed by atoms with E-state index in [0.717, 1.165) is 6.26 Å². The van der Waals surface area contributed by atoms with Gasteiger partial charge in [0.2, 0.25) is 5.88 Å². The molecular formula is C7H10N2O4S. The van der Waals surface area contributed by atoms with E-state index < -0.39 is 10.1 Å². The summed E-state index contributed by atoms with van der Waals surface area (Å²) in [7, 11) is -1.97. The van der Waals surface area contributed by atoms with Gasteiger partial charge in [-0.05, 0) is 6.07 Å². The second-order valence-electron chi connectivity index (χ2n) is 2.53.